The van der Waals surface area contributed by atoms with Gasteiger partial charge in [-0.25, -0.2) is 4.68 Å². The van der Waals surface area contributed by atoms with Crippen LogP contribution in [0.4, 0.5) is 32.2 Å². The second kappa shape index (κ2) is 7.88. The summed E-state index contributed by atoms with van der Waals surface area (Å²) < 4.78 is 80.4. The summed E-state index contributed by atoms with van der Waals surface area (Å²) in [5.41, 5.74) is -0.875. The summed E-state index contributed by atoms with van der Waals surface area (Å²) in [5, 5.41) is 6.96. The predicted octanol–water partition coefficient (Wildman–Crippen LogP) is 6.22. The number of aromatic nitrogens is 2. The third-order valence-corrected chi connectivity index (χ3v) is 5.88. The maximum absolute atomic E-state index is 13.2. The molecule has 11 heteroatoms. The molecule has 2 heterocycles. The Balaban J connectivity index is 1.76. The number of nitrogens with zero attached hydrogens (tertiary/aromatic N) is 2. The van der Waals surface area contributed by atoms with Crippen molar-refractivity contribution >= 4 is 23.5 Å². The van der Waals surface area contributed by atoms with Crippen LogP contribution in [0.2, 0.25) is 0 Å². The Morgan fingerprint density at radius 2 is 1.56 bits per heavy atom. The van der Waals surface area contributed by atoms with Crippen molar-refractivity contribution in [1.29, 1.82) is 0 Å². The number of thioether (sulfide) groups is 1. The number of carbonyl (C=O) groups excluding carboxylic acids is 1. The largest absolute Gasteiger partial charge is 0.416 e. The summed E-state index contributed by atoms with van der Waals surface area (Å²) in [4.78, 5) is 12.8. The highest BCUT2D eigenvalue weighted by molar-refractivity contribution is 7.98. The number of rotatable bonds is 3. The molecule has 0 atom stereocenters. The van der Waals surface area contributed by atoms with Crippen LogP contribution in [0, 0.1) is 6.92 Å². The predicted molar refractivity (Wildman–Crippen MR) is 108 cm³/mol. The lowest BCUT2D eigenvalue weighted by Crippen LogP contribution is -2.19. The van der Waals surface area contributed by atoms with Gasteiger partial charge in [0.15, 0.2) is 0 Å². The van der Waals surface area contributed by atoms with Gasteiger partial charge in [0, 0.05) is 22.6 Å². The van der Waals surface area contributed by atoms with E-state index in [-0.39, 0.29) is 11.9 Å². The van der Waals surface area contributed by atoms with Gasteiger partial charge in [0.1, 0.15) is 5.82 Å². The van der Waals surface area contributed by atoms with Gasteiger partial charge in [-0.2, -0.15) is 43.2 Å². The summed E-state index contributed by atoms with van der Waals surface area (Å²) in [5.74, 6) is 0.228. The number of fused-ring (bicyclic) bond motifs is 1. The minimum Gasteiger partial charge on any atom is -0.306 e. The third-order valence-electron chi connectivity index (χ3n) is 4.91. The zero-order valence-electron chi connectivity index (χ0n) is 16.4. The highest BCUT2D eigenvalue weighted by atomic mass is 32.2. The fraction of sp³-hybridized carbons (Fsp3) is 0.238. The second-order valence-corrected chi connectivity index (χ2v) is 8.25. The molecule has 1 aromatic heterocycles. The zero-order chi connectivity index (χ0) is 23.3. The molecule has 1 N–H and O–H groups in total. The van der Waals surface area contributed by atoms with Crippen LogP contribution in [0.3, 0.4) is 0 Å². The van der Waals surface area contributed by atoms with Gasteiger partial charge < -0.3 is 5.32 Å². The van der Waals surface area contributed by atoms with Crippen molar-refractivity contribution in [3.05, 3.63) is 76.0 Å². The molecule has 0 saturated carbocycles. The Bertz CT molecular complexity index is 1150. The van der Waals surface area contributed by atoms with E-state index in [0.29, 0.717) is 40.6 Å². The van der Waals surface area contributed by atoms with Crippen molar-refractivity contribution in [2.45, 2.75) is 30.8 Å². The summed E-state index contributed by atoms with van der Waals surface area (Å²) in [6.07, 6.45) is -10.1. The average molecular weight is 471 g/mol. The number of nitrogens with one attached hydrogen (secondary N) is 1. The van der Waals surface area contributed by atoms with Gasteiger partial charge in [-0.1, -0.05) is 17.7 Å². The Kier molecular flexibility index (Phi) is 5.48. The molecule has 1 amide bonds. The van der Waals surface area contributed by atoms with Gasteiger partial charge in [-0.3, -0.25) is 4.79 Å². The van der Waals surface area contributed by atoms with Crippen LogP contribution in [0.1, 0.15) is 38.3 Å². The SMILES string of the molecule is Cc1ccc(-n2nc3c(c2NC(=O)c2cc(C(F)(F)F)cc(C(F)(F)F)c2)CSC3)cc1. The number of benzene rings is 2. The first-order valence-electron chi connectivity index (χ1n) is 9.30. The number of amides is 1. The number of hydrogen-bond acceptors (Lipinski definition) is 3. The van der Waals surface area contributed by atoms with Gasteiger partial charge in [-0.05, 0) is 37.3 Å². The van der Waals surface area contributed by atoms with Crippen molar-refractivity contribution in [2.24, 2.45) is 0 Å². The number of aryl methyl sites for hydroxylation is 1. The summed E-state index contributed by atoms with van der Waals surface area (Å²) >= 11 is 1.54. The Morgan fingerprint density at radius 1 is 0.969 bits per heavy atom. The molecule has 3 aromatic rings. The molecule has 1 aliphatic rings. The quantitative estimate of drug-likeness (QED) is 0.462. The van der Waals surface area contributed by atoms with Crippen LogP contribution in [-0.4, -0.2) is 15.7 Å². The monoisotopic (exact) mass is 471 g/mol. The minimum atomic E-state index is -5.04. The first kappa shape index (κ1) is 22.3. The van der Waals surface area contributed by atoms with E-state index in [1.807, 2.05) is 19.1 Å². The first-order valence-corrected chi connectivity index (χ1v) is 10.5. The molecule has 0 spiro atoms. The molecule has 0 radical (unpaired) electrons. The molecule has 0 bridgehead atoms. The van der Waals surface area contributed by atoms with Gasteiger partial charge in [0.05, 0.1) is 22.5 Å². The molecular weight excluding hydrogens is 456 g/mol. The van der Waals surface area contributed by atoms with Crippen molar-refractivity contribution in [3.63, 3.8) is 0 Å². The van der Waals surface area contributed by atoms with Crippen LogP contribution in [-0.2, 0) is 23.9 Å². The van der Waals surface area contributed by atoms with Gasteiger partial charge >= 0.3 is 12.4 Å². The smallest absolute Gasteiger partial charge is 0.306 e. The maximum atomic E-state index is 13.2. The molecule has 4 nitrogen and oxygen atoms in total. The number of anilines is 1. The number of hydrogen-bond donors (Lipinski definition) is 1. The van der Waals surface area contributed by atoms with Gasteiger partial charge in [0.2, 0.25) is 0 Å². The molecular formula is C21H15F6N3OS. The Morgan fingerprint density at radius 3 is 2.12 bits per heavy atom. The highest BCUT2D eigenvalue weighted by Crippen LogP contribution is 2.38. The first-order chi connectivity index (χ1) is 14.9. The Hall–Kier alpha value is -2.95. The molecule has 0 unspecified atom stereocenters. The van der Waals surface area contributed by atoms with Crippen LogP contribution < -0.4 is 5.32 Å². The molecule has 32 heavy (non-hydrogen) atoms. The van der Waals surface area contributed by atoms with E-state index >= 15 is 0 Å². The standard InChI is InChI=1S/C21H15F6N3OS/c1-11-2-4-15(5-3-11)30-18(16-9-32-10-17(16)29-30)28-19(31)12-6-13(20(22,23)24)8-14(7-12)21(25,26)27/h2-8H,9-10H2,1H3,(H,28,31). The molecule has 0 aliphatic carbocycles. The van der Waals surface area contributed by atoms with E-state index < -0.39 is 35.0 Å². The summed E-state index contributed by atoms with van der Waals surface area (Å²) in [7, 11) is 0. The summed E-state index contributed by atoms with van der Waals surface area (Å²) in [6, 6.07) is 7.97. The van der Waals surface area contributed by atoms with E-state index in [2.05, 4.69) is 10.4 Å². The average Bonchev–Trinajstić information content (AvgIpc) is 3.29. The van der Waals surface area contributed by atoms with Crippen LogP contribution in [0.25, 0.3) is 5.69 Å². The normalized spacial score (nSPS) is 13.8. The van der Waals surface area contributed by atoms with E-state index in [0.717, 1.165) is 5.56 Å². The van der Waals surface area contributed by atoms with Crippen molar-refractivity contribution in [1.82, 2.24) is 9.78 Å². The van der Waals surface area contributed by atoms with Crippen LogP contribution >= 0.6 is 11.8 Å². The van der Waals surface area contributed by atoms with E-state index in [4.69, 9.17) is 0 Å². The van der Waals surface area contributed by atoms with Crippen molar-refractivity contribution in [3.8, 4) is 5.69 Å². The van der Waals surface area contributed by atoms with Gasteiger partial charge in [0.25, 0.3) is 5.91 Å². The van der Waals surface area contributed by atoms with Gasteiger partial charge in [-0.15, -0.1) is 0 Å². The lowest BCUT2D eigenvalue weighted by atomic mass is 10.0. The van der Waals surface area contributed by atoms with Crippen molar-refractivity contribution < 1.29 is 31.1 Å². The third kappa shape index (κ3) is 4.34. The lowest BCUT2D eigenvalue weighted by Gasteiger charge is -2.15. The molecule has 168 valence electrons. The fourth-order valence-electron chi connectivity index (χ4n) is 3.28. The van der Waals surface area contributed by atoms with E-state index in [1.54, 1.807) is 12.1 Å². The number of halogens is 6. The van der Waals surface area contributed by atoms with E-state index in [1.165, 1.54) is 16.4 Å². The molecule has 0 fully saturated rings. The topological polar surface area (TPSA) is 46.9 Å². The maximum Gasteiger partial charge on any atom is 0.416 e. The molecule has 2 aromatic carbocycles. The van der Waals surface area contributed by atoms with Crippen LogP contribution in [0.5, 0.6) is 0 Å². The molecule has 0 saturated heterocycles. The molecule has 1 aliphatic heterocycles. The number of alkyl halides is 6. The summed E-state index contributed by atoms with van der Waals surface area (Å²) in [6.45, 7) is 1.89. The zero-order valence-corrected chi connectivity index (χ0v) is 17.3. The minimum absolute atomic E-state index is 0.0122. The van der Waals surface area contributed by atoms with Crippen molar-refractivity contribution in [2.75, 3.05) is 5.32 Å². The van der Waals surface area contributed by atoms with Crippen LogP contribution in [0.15, 0.2) is 42.5 Å². The van der Waals surface area contributed by atoms with E-state index in [9.17, 15) is 31.1 Å². The lowest BCUT2D eigenvalue weighted by molar-refractivity contribution is -0.143. The fourth-order valence-corrected chi connectivity index (χ4v) is 4.31. The number of carbonyl (C=O) groups is 1. The molecule has 4 rings (SSSR count). The Labute approximate surface area is 182 Å². The second-order valence-electron chi connectivity index (χ2n) is 7.26. The highest BCUT2D eigenvalue weighted by Gasteiger charge is 2.37.